The molecule has 1 amide bonds. The number of aliphatic hydroxyl groups excluding tert-OH is 1. The number of hydrogen-bond donors (Lipinski definition) is 2. The highest BCUT2D eigenvalue weighted by molar-refractivity contribution is 6.01. The Hall–Kier alpha value is -4.26. The van der Waals surface area contributed by atoms with Gasteiger partial charge in [-0.05, 0) is 90.8 Å². The highest BCUT2D eigenvalue weighted by atomic mass is 19.1. The number of carbonyl (C=O) groups excluding carboxylic acids is 4. The van der Waals surface area contributed by atoms with Crippen molar-refractivity contribution in [3.8, 4) is 11.1 Å². The van der Waals surface area contributed by atoms with Crippen LogP contribution in [0.2, 0.25) is 0 Å². The van der Waals surface area contributed by atoms with Crippen LogP contribution in [0, 0.1) is 28.6 Å². The molecule has 1 aliphatic heterocycles. The van der Waals surface area contributed by atoms with Gasteiger partial charge in [0.2, 0.25) is 5.78 Å². The Morgan fingerprint density at radius 3 is 2.33 bits per heavy atom. The summed E-state index contributed by atoms with van der Waals surface area (Å²) in [6.45, 7) is 8.32. The minimum atomic E-state index is -2.35. The molecular formula is C46H53F2NO9. The van der Waals surface area contributed by atoms with Gasteiger partial charge in [0.15, 0.2) is 29.9 Å². The van der Waals surface area contributed by atoms with Crippen molar-refractivity contribution in [2.24, 2.45) is 28.6 Å². The number of alkyl carbamates (subject to hydrolysis) is 1. The monoisotopic (exact) mass is 801 g/mol. The van der Waals surface area contributed by atoms with Crippen molar-refractivity contribution in [3.05, 3.63) is 83.5 Å². The number of allylic oxidation sites excluding steroid dienone is 4. The Balaban J connectivity index is 0.999. The highest BCUT2D eigenvalue weighted by Crippen LogP contribution is 2.72. The van der Waals surface area contributed by atoms with E-state index in [0.717, 1.165) is 28.3 Å². The van der Waals surface area contributed by atoms with Crippen molar-refractivity contribution in [3.63, 3.8) is 0 Å². The molecule has 0 bridgehead atoms. The van der Waals surface area contributed by atoms with Crippen LogP contribution in [0.25, 0.3) is 11.1 Å². The molecule has 2 aromatic rings. The average molecular weight is 802 g/mol. The van der Waals surface area contributed by atoms with Crippen molar-refractivity contribution in [1.82, 2.24) is 5.32 Å². The molecule has 2 aromatic carbocycles. The summed E-state index contributed by atoms with van der Waals surface area (Å²) in [6.07, 6.45) is -1.03. The Bertz CT molecular complexity index is 2020. The topological polar surface area (TPSA) is 137 Å². The van der Waals surface area contributed by atoms with Crippen LogP contribution in [0.15, 0.2) is 72.3 Å². The maximum absolute atomic E-state index is 17.9. The standard InChI is InChI=1S/C46H53F2NO9/c1-6-11-40-57-39-21-32-33-20-35(47)34-19-26(50)16-17-43(34,4)45(33,48)37(51)22-44(32,5)46(39,58-40)38(52)24-55-41(53)36(18-25(2)3)49-42(54)56-23-31-29-14-9-7-12-27(29)28-13-8-10-15-30(28)31/h7-10,12-17,19,25,31-33,35-37,39-40,51H,6,11,18,20-24H2,1-5H3,(H,49,54)/t32-,33-,35-,36-,37-,39+,40?,43-,44-,45-,46+/m0/s1. The number of amides is 1. The molecule has 1 heterocycles. The maximum atomic E-state index is 17.9. The summed E-state index contributed by atoms with van der Waals surface area (Å²) < 4.78 is 58.3. The van der Waals surface area contributed by atoms with Crippen LogP contribution in [0.3, 0.4) is 0 Å². The number of hydrogen-bond acceptors (Lipinski definition) is 9. The van der Waals surface area contributed by atoms with Crippen molar-refractivity contribution in [2.75, 3.05) is 13.2 Å². The van der Waals surface area contributed by atoms with Gasteiger partial charge in [-0.25, -0.2) is 18.4 Å². The zero-order valence-electron chi connectivity index (χ0n) is 33.7. The van der Waals surface area contributed by atoms with Gasteiger partial charge in [0.25, 0.3) is 0 Å². The molecule has 0 aromatic heterocycles. The van der Waals surface area contributed by atoms with Gasteiger partial charge in [0.1, 0.15) is 18.8 Å². The zero-order valence-corrected chi connectivity index (χ0v) is 33.7. The van der Waals surface area contributed by atoms with Crippen LogP contribution in [-0.2, 0) is 33.3 Å². The third-order valence-electron chi connectivity index (χ3n) is 14.3. The maximum Gasteiger partial charge on any atom is 0.407 e. The van der Waals surface area contributed by atoms with E-state index in [0.29, 0.717) is 12.8 Å². The van der Waals surface area contributed by atoms with E-state index in [1.54, 1.807) is 6.92 Å². The van der Waals surface area contributed by atoms with E-state index >= 15 is 8.78 Å². The number of fused-ring (bicyclic) bond motifs is 10. The van der Waals surface area contributed by atoms with Gasteiger partial charge in [-0.3, -0.25) is 9.59 Å². The summed E-state index contributed by atoms with van der Waals surface area (Å²) in [5.41, 5.74) is -2.67. The van der Waals surface area contributed by atoms with Gasteiger partial charge >= 0.3 is 12.1 Å². The van der Waals surface area contributed by atoms with Crippen molar-refractivity contribution in [2.45, 2.75) is 121 Å². The SMILES string of the molecule is CCCC1O[C@@H]2C[C@H]3[C@@H]4C[C@H](F)C5=CC(=O)C=C[C@]5(C)[C@@]4(F)[C@@H](O)C[C@]3(C)[C@]2(C(=O)COC(=O)[C@H](CC(C)C)NC(=O)OCC2c3ccccc3-c3ccccc32)O1. The largest absolute Gasteiger partial charge is 0.456 e. The first kappa shape index (κ1) is 40.5. The van der Waals surface area contributed by atoms with E-state index in [9.17, 15) is 24.3 Å². The van der Waals surface area contributed by atoms with E-state index in [4.69, 9.17) is 18.9 Å². The van der Waals surface area contributed by atoms with Crippen molar-refractivity contribution in [1.29, 1.82) is 0 Å². The molecule has 0 spiro atoms. The number of ether oxygens (including phenoxy) is 4. The molecule has 3 saturated carbocycles. The summed E-state index contributed by atoms with van der Waals surface area (Å²) >= 11 is 0. The molecule has 10 nitrogen and oxygen atoms in total. The molecule has 1 unspecified atom stereocenters. The van der Waals surface area contributed by atoms with Crippen LogP contribution in [0.1, 0.15) is 90.2 Å². The fourth-order valence-electron chi connectivity index (χ4n) is 11.7. The fraction of sp³-hybridized carbons (Fsp3) is 0.565. The number of alkyl halides is 2. The lowest BCUT2D eigenvalue weighted by Crippen LogP contribution is -2.71. The molecule has 5 aliphatic carbocycles. The number of esters is 1. The number of nitrogens with one attached hydrogen (secondary N) is 1. The minimum Gasteiger partial charge on any atom is -0.456 e. The third-order valence-corrected chi connectivity index (χ3v) is 14.3. The first-order valence-electron chi connectivity index (χ1n) is 20.7. The average Bonchev–Trinajstić information content (AvgIpc) is 3.80. The molecule has 1 saturated heterocycles. The lowest BCUT2D eigenvalue weighted by Gasteiger charge is -2.63. The predicted molar refractivity (Wildman–Crippen MR) is 209 cm³/mol. The van der Waals surface area contributed by atoms with Crippen molar-refractivity contribution >= 4 is 23.6 Å². The van der Waals surface area contributed by atoms with Gasteiger partial charge in [-0.2, -0.15) is 0 Å². The van der Waals surface area contributed by atoms with E-state index < -0.39 is 94.9 Å². The molecule has 8 rings (SSSR count). The molecule has 11 atom stereocenters. The molecule has 58 heavy (non-hydrogen) atoms. The second-order valence-corrected chi connectivity index (χ2v) is 18.0. The number of benzene rings is 2. The quantitative estimate of drug-likeness (QED) is 0.225. The predicted octanol–water partition coefficient (Wildman–Crippen LogP) is 7.26. The van der Waals surface area contributed by atoms with Crippen LogP contribution >= 0.6 is 0 Å². The molecule has 12 heteroatoms. The normalized spacial score (nSPS) is 36.2. The third kappa shape index (κ3) is 6.02. The molecule has 4 fully saturated rings. The number of halogens is 2. The first-order valence-corrected chi connectivity index (χ1v) is 20.7. The number of rotatable bonds is 11. The van der Waals surface area contributed by atoms with Gasteiger partial charge in [0, 0.05) is 22.7 Å². The second-order valence-electron chi connectivity index (χ2n) is 18.0. The summed E-state index contributed by atoms with van der Waals surface area (Å²) in [4.78, 5) is 54.1. The van der Waals surface area contributed by atoms with Crippen molar-refractivity contribution < 1.29 is 52.0 Å². The van der Waals surface area contributed by atoms with Crippen LogP contribution in [0.4, 0.5) is 13.6 Å². The number of ketones is 2. The van der Waals surface area contributed by atoms with E-state index in [1.165, 1.54) is 19.1 Å². The van der Waals surface area contributed by atoms with Gasteiger partial charge < -0.3 is 29.4 Å². The summed E-state index contributed by atoms with van der Waals surface area (Å²) in [5.74, 6) is -3.83. The number of aliphatic hydroxyl groups is 1. The Labute approximate surface area is 337 Å². The van der Waals surface area contributed by atoms with E-state index in [2.05, 4.69) is 5.32 Å². The molecule has 310 valence electrons. The summed E-state index contributed by atoms with van der Waals surface area (Å²) in [5, 5.41) is 14.6. The first-order chi connectivity index (χ1) is 27.6. The lowest BCUT2D eigenvalue weighted by molar-refractivity contribution is -0.235. The van der Waals surface area contributed by atoms with Crippen LogP contribution < -0.4 is 5.32 Å². The van der Waals surface area contributed by atoms with E-state index in [-0.39, 0.29) is 49.7 Å². The van der Waals surface area contributed by atoms with Gasteiger partial charge in [-0.1, -0.05) is 88.7 Å². The van der Waals surface area contributed by atoms with Gasteiger partial charge in [-0.15, -0.1) is 0 Å². The smallest absolute Gasteiger partial charge is 0.407 e. The number of Topliss-reactive ketones (excluding diaryl/α,β-unsaturated/α-hetero) is 1. The van der Waals surface area contributed by atoms with E-state index in [1.807, 2.05) is 69.3 Å². The second kappa shape index (κ2) is 14.8. The Morgan fingerprint density at radius 2 is 1.67 bits per heavy atom. The van der Waals surface area contributed by atoms with Crippen LogP contribution in [0.5, 0.6) is 0 Å². The lowest BCUT2D eigenvalue weighted by atomic mass is 9.44. The molecular weight excluding hydrogens is 748 g/mol. The zero-order chi connectivity index (χ0) is 41.4. The number of carbonyl (C=O) groups is 4. The Morgan fingerprint density at radius 1 is 1.00 bits per heavy atom. The summed E-state index contributed by atoms with van der Waals surface area (Å²) in [6, 6.07) is 14.8. The molecule has 0 radical (unpaired) electrons. The van der Waals surface area contributed by atoms with Gasteiger partial charge in [0.05, 0.1) is 12.2 Å². The summed E-state index contributed by atoms with van der Waals surface area (Å²) in [7, 11) is 0. The minimum absolute atomic E-state index is 0.00968. The fourth-order valence-corrected chi connectivity index (χ4v) is 11.7. The Kier molecular flexibility index (Phi) is 10.3. The molecule has 6 aliphatic rings. The highest BCUT2D eigenvalue weighted by Gasteiger charge is 2.80. The van der Waals surface area contributed by atoms with Crippen LogP contribution in [-0.4, -0.2) is 83.9 Å². The molecule has 2 N–H and O–H groups in total.